The van der Waals surface area contributed by atoms with Gasteiger partial charge in [0, 0.05) is 26.2 Å². The van der Waals surface area contributed by atoms with Crippen molar-refractivity contribution in [1.29, 1.82) is 0 Å². The van der Waals surface area contributed by atoms with Crippen LogP contribution >= 0.6 is 0 Å². The molecule has 0 atom stereocenters. The van der Waals surface area contributed by atoms with Gasteiger partial charge >= 0.3 is 18.3 Å². The van der Waals surface area contributed by atoms with Crippen LogP contribution in [-0.4, -0.2) is 74.5 Å². The largest absolute Gasteiger partial charge is 0.468 e. The predicted octanol–water partition coefficient (Wildman–Crippen LogP) is 0.677. The summed E-state index contributed by atoms with van der Waals surface area (Å²) in [6.07, 6.45) is -3.65. The summed E-state index contributed by atoms with van der Waals surface area (Å²) in [5, 5.41) is 0. The molecule has 106 valence electrons. The van der Waals surface area contributed by atoms with Gasteiger partial charge in [0.25, 0.3) is 0 Å². The number of halogens is 4. The fourth-order valence-corrected chi connectivity index (χ4v) is 1.72. The number of rotatable bonds is 5. The Morgan fingerprint density at radius 1 is 1.22 bits per heavy atom. The molecule has 8 heteroatoms. The lowest BCUT2D eigenvalue weighted by atomic mass is 10.2. The van der Waals surface area contributed by atoms with E-state index >= 15 is 0 Å². The van der Waals surface area contributed by atoms with Crippen molar-refractivity contribution in [2.45, 2.75) is 12.3 Å². The molecule has 0 unspecified atom stereocenters. The van der Waals surface area contributed by atoms with E-state index in [-0.39, 0.29) is 19.6 Å². The second kappa shape index (κ2) is 6.33. The summed E-state index contributed by atoms with van der Waals surface area (Å²) in [5.41, 5.74) is 0. The lowest BCUT2D eigenvalue weighted by molar-refractivity contribution is -0.148. The highest BCUT2D eigenvalue weighted by Crippen LogP contribution is 2.24. The van der Waals surface area contributed by atoms with Gasteiger partial charge in [-0.25, -0.2) is 8.78 Å². The quantitative estimate of drug-likeness (QED) is 0.544. The van der Waals surface area contributed by atoms with Gasteiger partial charge in [-0.2, -0.15) is 8.78 Å². The fraction of sp³-hybridized carbons (Fsp3) is 0.900. The Kier molecular flexibility index (Phi) is 5.33. The monoisotopic (exact) mass is 272 g/mol. The number of alkyl halides is 4. The van der Waals surface area contributed by atoms with Crippen LogP contribution in [0.1, 0.15) is 0 Å². The van der Waals surface area contributed by atoms with Gasteiger partial charge in [0.05, 0.1) is 20.2 Å². The molecule has 1 heterocycles. The summed E-state index contributed by atoms with van der Waals surface area (Å²) in [7, 11) is 1.27. The lowest BCUT2D eigenvalue weighted by Crippen LogP contribution is -2.52. The molecular weight excluding hydrogens is 256 g/mol. The zero-order valence-electron chi connectivity index (χ0n) is 10.0. The minimum Gasteiger partial charge on any atom is -0.468 e. The van der Waals surface area contributed by atoms with Gasteiger partial charge in [-0.1, -0.05) is 0 Å². The standard InChI is InChI=1S/C10H16F4N2O2/c1-18-8(17)6-15-2-4-16(5-3-15)7-10(13,14)9(11)12/h9H,2-7H2,1H3. The molecule has 1 rings (SSSR count). The van der Waals surface area contributed by atoms with E-state index in [0.717, 1.165) is 0 Å². The van der Waals surface area contributed by atoms with Crippen molar-refractivity contribution in [3.8, 4) is 0 Å². The summed E-state index contributed by atoms with van der Waals surface area (Å²) >= 11 is 0. The summed E-state index contributed by atoms with van der Waals surface area (Å²) < 4.78 is 54.1. The molecule has 0 aliphatic carbocycles. The number of carbonyl (C=O) groups excluding carboxylic acids is 1. The first-order valence-corrected chi connectivity index (χ1v) is 5.52. The summed E-state index contributed by atoms with van der Waals surface area (Å²) in [6.45, 7) is 0.383. The second-order valence-electron chi connectivity index (χ2n) is 4.19. The summed E-state index contributed by atoms with van der Waals surface area (Å²) in [6, 6.07) is 0. The van der Waals surface area contributed by atoms with Crippen LogP contribution in [0.5, 0.6) is 0 Å². The van der Waals surface area contributed by atoms with Gasteiger partial charge in [0.2, 0.25) is 0 Å². The van der Waals surface area contributed by atoms with E-state index in [2.05, 4.69) is 4.74 Å². The first-order valence-electron chi connectivity index (χ1n) is 5.52. The molecule has 0 spiro atoms. The topological polar surface area (TPSA) is 32.8 Å². The third-order valence-corrected chi connectivity index (χ3v) is 2.80. The van der Waals surface area contributed by atoms with Crippen LogP contribution < -0.4 is 0 Å². The van der Waals surface area contributed by atoms with Gasteiger partial charge in [-0.05, 0) is 0 Å². The van der Waals surface area contributed by atoms with Gasteiger partial charge < -0.3 is 4.74 Å². The van der Waals surface area contributed by atoms with E-state index in [4.69, 9.17) is 0 Å². The number of piperazine rings is 1. The van der Waals surface area contributed by atoms with Crippen molar-refractivity contribution < 1.29 is 27.1 Å². The van der Waals surface area contributed by atoms with E-state index in [1.54, 1.807) is 4.90 Å². The number of ether oxygens (including phenoxy) is 1. The zero-order valence-corrected chi connectivity index (χ0v) is 10.0. The highest BCUT2D eigenvalue weighted by Gasteiger charge is 2.42. The molecule has 1 saturated heterocycles. The zero-order chi connectivity index (χ0) is 13.8. The molecule has 0 amide bonds. The Balaban J connectivity index is 2.33. The molecular formula is C10H16F4N2O2. The van der Waals surface area contributed by atoms with Crippen LogP contribution in [0.15, 0.2) is 0 Å². The Hall–Kier alpha value is -0.890. The van der Waals surface area contributed by atoms with Crippen molar-refractivity contribution in [1.82, 2.24) is 9.80 Å². The van der Waals surface area contributed by atoms with Crippen molar-refractivity contribution in [3.05, 3.63) is 0 Å². The minimum absolute atomic E-state index is 0.0928. The van der Waals surface area contributed by atoms with Crippen molar-refractivity contribution in [2.75, 3.05) is 46.4 Å². The highest BCUT2D eigenvalue weighted by atomic mass is 19.3. The normalized spacial score (nSPS) is 19.2. The number of methoxy groups -OCH3 is 1. The minimum atomic E-state index is -3.98. The Bertz CT molecular complexity index is 281. The molecule has 0 aromatic carbocycles. The smallest absolute Gasteiger partial charge is 0.319 e. The molecule has 4 nitrogen and oxygen atoms in total. The molecule has 0 bridgehead atoms. The van der Waals surface area contributed by atoms with Crippen LogP contribution in [0.2, 0.25) is 0 Å². The van der Waals surface area contributed by atoms with E-state index < -0.39 is 24.9 Å². The Morgan fingerprint density at radius 3 is 2.17 bits per heavy atom. The average molecular weight is 272 g/mol. The number of hydrogen-bond donors (Lipinski definition) is 0. The van der Waals surface area contributed by atoms with Crippen LogP contribution in [0.4, 0.5) is 17.6 Å². The highest BCUT2D eigenvalue weighted by molar-refractivity contribution is 5.71. The number of carbonyl (C=O) groups is 1. The molecule has 0 radical (unpaired) electrons. The maximum absolute atomic E-state index is 12.8. The molecule has 0 N–H and O–H groups in total. The van der Waals surface area contributed by atoms with E-state index in [9.17, 15) is 22.4 Å². The molecule has 1 aliphatic rings. The van der Waals surface area contributed by atoms with Gasteiger partial charge in [-0.3, -0.25) is 14.6 Å². The lowest BCUT2D eigenvalue weighted by Gasteiger charge is -2.35. The average Bonchev–Trinajstić information content (AvgIpc) is 2.31. The predicted molar refractivity (Wildman–Crippen MR) is 55.8 cm³/mol. The van der Waals surface area contributed by atoms with E-state index in [1.807, 2.05) is 0 Å². The third-order valence-electron chi connectivity index (χ3n) is 2.80. The van der Waals surface area contributed by atoms with Gasteiger partial charge in [-0.15, -0.1) is 0 Å². The van der Waals surface area contributed by atoms with Gasteiger partial charge in [0.15, 0.2) is 0 Å². The first kappa shape index (κ1) is 15.2. The molecule has 0 saturated carbocycles. The Labute approximate surface area is 102 Å². The number of esters is 1. The van der Waals surface area contributed by atoms with Crippen molar-refractivity contribution in [2.24, 2.45) is 0 Å². The molecule has 0 aromatic heterocycles. The SMILES string of the molecule is COC(=O)CN1CCN(CC(F)(F)C(F)F)CC1. The van der Waals surface area contributed by atoms with Crippen LogP contribution in [-0.2, 0) is 9.53 Å². The second-order valence-corrected chi connectivity index (χ2v) is 4.19. The molecule has 1 fully saturated rings. The summed E-state index contributed by atoms with van der Waals surface area (Å²) in [4.78, 5) is 14.0. The first-order chi connectivity index (χ1) is 8.35. The number of hydrogen-bond acceptors (Lipinski definition) is 4. The molecule has 0 aromatic rings. The van der Waals surface area contributed by atoms with Crippen molar-refractivity contribution >= 4 is 5.97 Å². The van der Waals surface area contributed by atoms with E-state index in [1.165, 1.54) is 12.0 Å². The fourth-order valence-electron chi connectivity index (χ4n) is 1.72. The van der Waals surface area contributed by atoms with E-state index in [0.29, 0.717) is 13.1 Å². The molecule has 1 aliphatic heterocycles. The van der Waals surface area contributed by atoms with Crippen LogP contribution in [0.3, 0.4) is 0 Å². The maximum atomic E-state index is 12.8. The molecule has 18 heavy (non-hydrogen) atoms. The van der Waals surface area contributed by atoms with Gasteiger partial charge in [0.1, 0.15) is 0 Å². The van der Waals surface area contributed by atoms with Crippen LogP contribution in [0, 0.1) is 0 Å². The third kappa shape index (κ3) is 4.41. The summed E-state index contributed by atoms with van der Waals surface area (Å²) in [5.74, 6) is -4.38. The Morgan fingerprint density at radius 2 is 1.72 bits per heavy atom. The maximum Gasteiger partial charge on any atom is 0.319 e. The number of nitrogens with zero attached hydrogens (tertiary/aromatic N) is 2. The van der Waals surface area contributed by atoms with Crippen LogP contribution in [0.25, 0.3) is 0 Å². The van der Waals surface area contributed by atoms with Crippen molar-refractivity contribution in [3.63, 3.8) is 0 Å².